The number of carbonyl (C=O) groups excluding carboxylic acids is 2. The van der Waals surface area contributed by atoms with Crippen molar-refractivity contribution in [3.8, 4) is 33.5 Å². The van der Waals surface area contributed by atoms with Crippen molar-refractivity contribution in [1.82, 2.24) is 19.9 Å². The Kier molecular flexibility index (Phi) is 5.98. The first-order valence-electron chi connectivity index (χ1n) is 11.3. The molecule has 36 heavy (non-hydrogen) atoms. The molecule has 6 rings (SSSR count). The van der Waals surface area contributed by atoms with Gasteiger partial charge < -0.3 is 9.97 Å². The normalized spacial score (nSPS) is 11.9. The van der Waals surface area contributed by atoms with Crippen LogP contribution < -0.4 is 11.1 Å². The van der Waals surface area contributed by atoms with E-state index in [9.17, 15) is 9.59 Å². The summed E-state index contributed by atoms with van der Waals surface area (Å²) in [5.74, 6) is 0. The zero-order valence-electron chi connectivity index (χ0n) is 18.9. The van der Waals surface area contributed by atoms with Crippen molar-refractivity contribution in [3.05, 3.63) is 85.1 Å². The van der Waals surface area contributed by atoms with Crippen LogP contribution in [0.1, 0.15) is 0 Å². The minimum absolute atomic E-state index is 0.0382. The van der Waals surface area contributed by atoms with Crippen LogP contribution in [-0.4, -0.2) is 32.0 Å². The number of aromatic amines is 2. The van der Waals surface area contributed by atoms with Crippen LogP contribution in [0.15, 0.2) is 85.1 Å². The first-order valence-corrected chi connectivity index (χ1v) is 13.5. The lowest BCUT2D eigenvalue weighted by Crippen LogP contribution is -1.97. The summed E-state index contributed by atoms with van der Waals surface area (Å²) in [7, 11) is 0.0774. The third-order valence-corrected chi connectivity index (χ3v) is 7.43. The fourth-order valence-corrected chi connectivity index (χ4v) is 5.32. The second kappa shape index (κ2) is 9.58. The smallest absolute Gasteiger partial charge is 0.146 e. The van der Waals surface area contributed by atoms with Gasteiger partial charge in [-0.2, -0.15) is 0 Å². The van der Waals surface area contributed by atoms with E-state index < -0.39 is 0 Å². The maximum absolute atomic E-state index is 10.8. The fourth-order valence-electron chi connectivity index (χ4n) is 4.36. The van der Waals surface area contributed by atoms with Gasteiger partial charge in [0.05, 0.1) is 22.9 Å². The van der Waals surface area contributed by atoms with Gasteiger partial charge in [0, 0.05) is 22.7 Å². The SMILES string of the molecule is O=CPc1ncc(-c2ccc3cc(-c4ccc(-c5ccc6nc(PC=O)[nH]c6c5)cc4)ccc3c2)[nH]1. The highest BCUT2D eigenvalue weighted by atomic mass is 31.1. The molecule has 0 aliphatic heterocycles. The number of hydrogen-bond donors (Lipinski definition) is 2. The van der Waals surface area contributed by atoms with Gasteiger partial charge in [-0.3, -0.25) is 9.59 Å². The summed E-state index contributed by atoms with van der Waals surface area (Å²) in [6.45, 7) is 0. The van der Waals surface area contributed by atoms with E-state index in [1.54, 1.807) is 6.20 Å². The summed E-state index contributed by atoms with van der Waals surface area (Å²) in [6, 6.07) is 29.2. The molecule has 2 heterocycles. The Morgan fingerprint density at radius 1 is 0.611 bits per heavy atom. The highest BCUT2D eigenvalue weighted by Crippen LogP contribution is 2.30. The molecule has 0 fully saturated rings. The minimum Gasteiger partial charge on any atom is -0.338 e. The van der Waals surface area contributed by atoms with Crippen molar-refractivity contribution in [1.29, 1.82) is 0 Å². The highest BCUT2D eigenvalue weighted by Gasteiger charge is 2.08. The molecule has 0 radical (unpaired) electrons. The molecular formula is C28H20N4O2P2. The summed E-state index contributed by atoms with van der Waals surface area (Å²) < 4.78 is 0. The predicted octanol–water partition coefficient (Wildman–Crippen LogP) is 5.43. The van der Waals surface area contributed by atoms with Crippen LogP contribution in [0, 0.1) is 0 Å². The molecule has 174 valence electrons. The van der Waals surface area contributed by atoms with Gasteiger partial charge in [-0.15, -0.1) is 0 Å². The van der Waals surface area contributed by atoms with Gasteiger partial charge in [-0.25, -0.2) is 9.97 Å². The standard InChI is InChI=1S/C28H20N4O2P2/c33-15-35-27-29-14-26(32-27)23-8-7-20-11-19(5-6-21(20)12-23)17-1-3-18(4-2-17)22-9-10-24-25(13-22)31-28(30-24)36-16-34/h1-16,35-36H,(H,29,32)(H,30,31). The van der Waals surface area contributed by atoms with Gasteiger partial charge in [0.25, 0.3) is 0 Å². The lowest BCUT2D eigenvalue weighted by Gasteiger charge is -2.08. The van der Waals surface area contributed by atoms with Crippen LogP contribution in [0.2, 0.25) is 0 Å². The lowest BCUT2D eigenvalue weighted by atomic mass is 9.97. The number of nitrogens with zero attached hydrogens (tertiary/aromatic N) is 2. The molecule has 0 aliphatic carbocycles. The number of hydrogen-bond acceptors (Lipinski definition) is 4. The Morgan fingerprint density at radius 3 is 1.92 bits per heavy atom. The average molecular weight is 506 g/mol. The van der Waals surface area contributed by atoms with Crippen molar-refractivity contribution >= 4 is 62.2 Å². The Hall–Kier alpha value is -3.98. The monoisotopic (exact) mass is 506 g/mol. The number of imidazole rings is 2. The molecule has 2 aromatic heterocycles. The molecular weight excluding hydrogens is 486 g/mol. The molecule has 0 bridgehead atoms. The number of benzene rings is 4. The van der Waals surface area contributed by atoms with Crippen LogP contribution >= 0.6 is 17.2 Å². The molecule has 0 saturated heterocycles. The molecule has 0 aliphatic rings. The minimum atomic E-state index is 0.0382. The second-order valence-corrected chi connectivity index (χ2v) is 10.3. The lowest BCUT2D eigenvalue weighted by molar-refractivity contribution is 0.569. The first kappa shape index (κ1) is 22.5. The summed E-state index contributed by atoms with van der Waals surface area (Å²) in [6.07, 6.45) is 1.78. The van der Waals surface area contributed by atoms with Crippen molar-refractivity contribution < 1.29 is 9.59 Å². The molecule has 6 nitrogen and oxygen atoms in total. The molecule has 0 saturated carbocycles. The zero-order valence-corrected chi connectivity index (χ0v) is 20.9. The van der Waals surface area contributed by atoms with Gasteiger partial charge >= 0.3 is 0 Å². The van der Waals surface area contributed by atoms with E-state index in [1.807, 2.05) is 6.07 Å². The predicted molar refractivity (Wildman–Crippen MR) is 151 cm³/mol. The Bertz CT molecular complexity index is 1740. The summed E-state index contributed by atoms with van der Waals surface area (Å²) in [5, 5.41) is 2.30. The summed E-state index contributed by atoms with van der Waals surface area (Å²) >= 11 is 0. The van der Waals surface area contributed by atoms with Gasteiger partial charge in [0.2, 0.25) is 0 Å². The summed E-state index contributed by atoms with van der Waals surface area (Å²) in [4.78, 5) is 36.7. The number of aromatic nitrogens is 4. The molecule has 2 unspecified atom stereocenters. The third-order valence-electron chi connectivity index (χ3n) is 6.15. The van der Waals surface area contributed by atoms with Crippen LogP contribution in [0.4, 0.5) is 0 Å². The maximum atomic E-state index is 10.8. The van der Waals surface area contributed by atoms with Gasteiger partial charge in [-0.1, -0.05) is 54.6 Å². The van der Waals surface area contributed by atoms with E-state index >= 15 is 0 Å². The van der Waals surface area contributed by atoms with Crippen molar-refractivity contribution in [2.75, 3.05) is 0 Å². The Labute approximate surface area is 210 Å². The second-order valence-electron chi connectivity index (χ2n) is 8.34. The third kappa shape index (κ3) is 4.37. The molecule has 2 N–H and O–H groups in total. The Morgan fingerprint density at radius 2 is 1.19 bits per heavy atom. The number of H-pyrrole nitrogens is 2. The van der Waals surface area contributed by atoms with Gasteiger partial charge in [0.15, 0.2) is 0 Å². The van der Waals surface area contributed by atoms with Crippen LogP contribution in [-0.2, 0) is 9.59 Å². The molecule has 4 aromatic carbocycles. The molecule has 8 heteroatoms. The number of fused-ring (bicyclic) bond motifs is 2. The van der Waals surface area contributed by atoms with Crippen LogP contribution in [0.25, 0.3) is 55.3 Å². The number of rotatable bonds is 7. The maximum Gasteiger partial charge on any atom is 0.146 e. The number of carbonyl (C=O) groups is 2. The summed E-state index contributed by atoms with van der Waals surface area (Å²) in [5.41, 5.74) is 9.69. The highest BCUT2D eigenvalue weighted by molar-refractivity contribution is 7.62. The van der Waals surface area contributed by atoms with Gasteiger partial charge in [0.1, 0.15) is 23.2 Å². The topological polar surface area (TPSA) is 91.5 Å². The van der Waals surface area contributed by atoms with Crippen LogP contribution in [0.3, 0.4) is 0 Å². The average Bonchev–Trinajstić information content (AvgIpc) is 3.55. The van der Waals surface area contributed by atoms with E-state index in [0.717, 1.165) is 67.4 Å². The van der Waals surface area contributed by atoms with Crippen molar-refractivity contribution in [2.24, 2.45) is 0 Å². The van der Waals surface area contributed by atoms with Crippen molar-refractivity contribution in [2.45, 2.75) is 0 Å². The van der Waals surface area contributed by atoms with E-state index in [2.05, 4.69) is 92.7 Å². The van der Waals surface area contributed by atoms with E-state index in [-0.39, 0.29) is 17.2 Å². The number of nitrogens with one attached hydrogen (secondary N) is 2. The van der Waals surface area contributed by atoms with E-state index in [4.69, 9.17) is 0 Å². The fraction of sp³-hybridized carbons (Fsp3) is 0. The molecule has 2 atom stereocenters. The van der Waals surface area contributed by atoms with E-state index in [1.165, 1.54) is 0 Å². The van der Waals surface area contributed by atoms with E-state index in [0.29, 0.717) is 11.1 Å². The van der Waals surface area contributed by atoms with Crippen molar-refractivity contribution in [3.63, 3.8) is 0 Å². The van der Waals surface area contributed by atoms with Gasteiger partial charge in [-0.05, 0) is 57.3 Å². The zero-order chi connectivity index (χ0) is 24.5. The molecule has 6 aromatic rings. The first-order chi connectivity index (χ1) is 17.7. The largest absolute Gasteiger partial charge is 0.338 e. The Balaban J connectivity index is 1.26. The quantitative estimate of drug-likeness (QED) is 0.223. The molecule has 0 amide bonds. The molecule has 0 spiro atoms. The van der Waals surface area contributed by atoms with Crippen LogP contribution in [0.5, 0.6) is 0 Å².